The van der Waals surface area contributed by atoms with E-state index < -0.39 is 0 Å². The smallest absolute Gasteiger partial charge is 0.322 e. The Labute approximate surface area is 94.0 Å². The van der Waals surface area contributed by atoms with Gasteiger partial charge in [-0.15, -0.1) is 0 Å². The van der Waals surface area contributed by atoms with Crippen LogP contribution in [0.1, 0.15) is 19.8 Å². The minimum atomic E-state index is 0.275. The monoisotopic (exact) mass is 224 g/mol. The van der Waals surface area contributed by atoms with Crippen molar-refractivity contribution >= 4 is 11.9 Å². The number of nitrogens with two attached hydrogens (primary N) is 1. The SMILES string of the molecule is COc1nc(NN)nc(N2CCCC2C)n1. The fourth-order valence-corrected chi connectivity index (χ4v) is 1.86. The number of ether oxygens (including phenoxy) is 1. The number of anilines is 2. The number of nitrogens with zero attached hydrogens (tertiary/aromatic N) is 4. The molecule has 0 aromatic carbocycles. The second-order valence-corrected chi connectivity index (χ2v) is 3.77. The second kappa shape index (κ2) is 4.48. The predicted octanol–water partition coefficient (Wildman–Crippen LogP) is 0.154. The van der Waals surface area contributed by atoms with Gasteiger partial charge >= 0.3 is 6.01 Å². The van der Waals surface area contributed by atoms with E-state index in [1.165, 1.54) is 7.11 Å². The Morgan fingerprint density at radius 1 is 1.44 bits per heavy atom. The van der Waals surface area contributed by atoms with Gasteiger partial charge in [0.25, 0.3) is 0 Å². The van der Waals surface area contributed by atoms with Gasteiger partial charge < -0.3 is 9.64 Å². The standard InChI is InChI=1S/C9H16N6O/c1-6-4-3-5-15(6)8-11-7(14-10)12-9(13-8)16-2/h6H,3-5,10H2,1-2H3,(H,11,12,13,14). The molecule has 0 amide bonds. The molecule has 0 radical (unpaired) electrons. The molecule has 88 valence electrons. The van der Waals surface area contributed by atoms with Gasteiger partial charge in [-0.1, -0.05) is 0 Å². The molecule has 1 aliphatic heterocycles. The fraction of sp³-hybridized carbons (Fsp3) is 0.667. The third kappa shape index (κ3) is 1.99. The number of nitrogens with one attached hydrogen (secondary N) is 1. The van der Waals surface area contributed by atoms with E-state index in [-0.39, 0.29) is 6.01 Å². The van der Waals surface area contributed by atoms with E-state index in [1.54, 1.807) is 0 Å². The van der Waals surface area contributed by atoms with Crippen LogP contribution in [0.2, 0.25) is 0 Å². The third-order valence-electron chi connectivity index (χ3n) is 2.72. The zero-order chi connectivity index (χ0) is 11.5. The minimum Gasteiger partial charge on any atom is -0.467 e. The van der Waals surface area contributed by atoms with Crippen LogP contribution in [0.15, 0.2) is 0 Å². The summed E-state index contributed by atoms with van der Waals surface area (Å²) in [6.07, 6.45) is 2.31. The molecule has 7 heteroatoms. The highest BCUT2D eigenvalue weighted by Gasteiger charge is 2.23. The molecule has 1 fully saturated rings. The first kappa shape index (κ1) is 10.9. The lowest BCUT2D eigenvalue weighted by atomic mass is 10.2. The molecule has 3 N–H and O–H groups in total. The number of methoxy groups -OCH3 is 1. The predicted molar refractivity (Wildman–Crippen MR) is 60.2 cm³/mol. The quantitative estimate of drug-likeness (QED) is 0.558. The normalized spacial score (nSPS) is 19.9. The molecule has 0 spiro atoms. The summed E-state index contributed by atoms with van der Waals surface area (Å²) in [4.78, 5) is 14.5. The van der Waals surface area contributed by atoms with Crippen molar-refractivity contribution in [3.63, 3.8) is 0 Å². The minimum absolute atomic E-state index is 0.275. The van der Waals surface area contributed by atoms with E-state index in [0.29, 0.717) is 17.9 Å². The molecule has 0 aliphatic carbocycles. The number of rotatable bonds is 3. The van der Waals surface area contributed by atoms with Crippen molar-refractivity contribution in [3.8, 4) is 6.01 Å². The van der Waals surface area contributed by atoms with Crippen LogP contribution in [-0.4, -0.2) is 34.6 Å². The lowest BCUT2D eigenvalue weighted by Crippen LogP contribution is -2.29. The second-order valence-electron chi connectivity index (χ2n) is 3.77. The van der Waals surface area contributed by atoms with Gasteiger partial charge in [-0.3, -0.25) is 5.43 Å². The van der Waals surface area contributed by atoms with E-state index in [2.05, 4.69) is 32.2 Å². The van der Waals surface area contributed by atoms with Crippen molar-refractivity contribution in [1.29, 1.82) is 0 Å². The summed E-state index contributed by atoms with van der Waals surface area (Å²) in [5, 5.41) is 0. The lowest BCUT2D eigenvalue weighted by Gasteiger charge is -2.21. The maximum Gasteiger partial charge on any atom is 0.322 e. The molecule has 1 aromatic heterocycles. The van der Waals surface area contributed by atoms with Crippen LogP contribution in [0.3, 0.4) is 0 Å². The molecule has 0 saturated carbocycles. The topological polar surface area (TPSA) is 89.2 Å². The summed E-state index contributed by atoms with van der Waals surface area (Å²) in [5.74, 6) is 6.23. The van der Waals surface area contributed by atoms with Gasteiger partial charge in [-0.2, -0.15) is 15.0 Å². The molecule has 7 nitrogen and oxygen atoms in total. The summed E-state index contributed by atoms with van der Waals surface area (Å²) in [6, 6.07) is 0.717. The van der Waals surface area contributed by atoms with E-state index in [9.17, 15) is 0 Å². The molecule has 2 rings (SSSR count). The third-order valence-corrected chi connectivity index (χ3v) is 2.72. The molecule has 16 heavy (non-hydrogen) atoms. The number of nitrogen functional groups attached to an aromatic ring is 1. The van der Waals surface area contributed by atoms with Gasteiger partial charge in [-0.05, 0) is 19.8 Å². The first-order valence-electron chi connectivity index (χ1n) is 5.28. The highest BCUT2D eigenvalue weighted by molar-refractivity contribution is 5.39. The van der Waals surface area contributed by atoms with E-state index in [0.717, 1.165) is 19.4 Å². The zero-order valence-electron chi connectivity index (χ0n) is 9.47. The Morgan fingerprint density at radius 3 is 2.81 bits per heavy atom. The van der Waals surface area contributed by atoms with Gasteiger partial charge in [0, 0.05) is 12.6 Å². The average molecular weight is 224 g/mol. The molecule has 2 heterocycles. The van der Waals surface area contributed by atoms with Crippen molar-refractivity contribution in [2.24, 2.45) is 5.84 Å². The van der Waals surface area contributed by atoms with Crippen LogP contribution in [0, 0.1) is 0 Å². The molecule has 1 saturated heterocycles. The molecule has 0 bridgehead atoms. The van der Waals surface area contributed by atoms with E-state index >= 15 is 0 Å². The van der Waals surface area contributed by atoms with Crippen LogP contribution < -0.4 is 20.9 Å². The molecule has 1 atom stereocenters. The van der Waals surface area contributed by atoms with Crippen LogP contribution in [-0.2, 0) is 0 Å². The first-order chi connectivity index (χ1) is 7.74. The van der Waals surface area contributed by atoms with Gasteiger partial charge in [-0.25, -0.2) is 5.84 Å². The van der Waals surface area contributed by atoms with Crippen LogP contribution in [0.4, 0.5) is 11.9 Å². The van der Waals surface area contributed by atoms with Crippen molar-refractivity contribution in [1.82, 2.24) is 15.0 Å². The Bertz CT molecular complexity index is 349. The maximum absolute atomic E-state index is 5.30. The number of aromatic nitrogens is 3. The van der Waals surface area contributed by atoms with Crippen molar-refractivity contribution in [2.75, 3.05) is 24.0 Å². The maximum atomic E-state index is 5.30. The van der Waals surface area contributed by atoms with Crippen molar-refractivity contribution in [3.05, 3.63) is 0 Å². The Hall–Kier alpha value is -1.63. The number of hydrogen-bond donors (Lipinski definition) is 2. The zero-order valence-corrected chi connectivity index (χ0v) is 9.47. The summed E-state index contributed by atoms with van der Waals surface area (Å²) in [7, 11) is 1.52. The summed E-state index contributed by atoms with van der Waals surface area (Å²) >= 11 is 0. The van der Waals surface area contributed by atoms with Crippen LogP contribution in [0.5, 0.6) is 6.01 Å². The van der Waals surface area contributed by atoms with E-state index in [4.69, 9.17) is 10.6 Å². The van der Waals surface area contributed by atoms with E-state index in [1.807, 2.05) is 0 Å². The van der Waals surface area contributed by atoms with Crippen molar-refractivity contribution < 1.29 is 4.74 Å². The Balaban J connectivity index is 2.31. The molecule has 1 aromatic rings. The highest BCUT2D eigenvalue weighted by atomic mass is 16.5. The number of hydrazine groups is 1. The summed E-state index contributed by atoms with van der Waals surface area (Å²) in [5.41, 5.74) is 2.41. The van der Waals surface area contributed by atoms with Gasteiger partial charge in [0.2, 0.25) is 11.9 Å². The highest BCUT2D eigenvalue weighted by Crippen LogP contribution is 2.23. The van der Waals surface area contributed by atoms with Gasteiger partial charge in [0.1, 0.15) is 0 Å². The molecule has 1 aliphatic rings. The fourth-order valence-electron chi connectivity index (χ4n) is 1.86. The van der Waals surface area contributed by atoms with Crippen LogP contribution in [0.25, 0.3) is 0 Å². The number of hydrogen-bond acceptors (Lipinski definition) is 7. The largest absolute Gasteiger partial charge is 0.467 e. The van der Waals surface area contributed by atoms with Gasteiger partial charge in [0.15, 0.2) is 0 Å². The van der Waals surface area contributed by atoms with Gasteiger partial charge in [0.05, 0.1) is 7.11 Å². The van der Waals surface area contributed by atoms with Crippen molar-refractivity contribution in [2.45, 2.75) is 25.8 Å². The molecular weight excluding hydrogens is 208 g/mol. The Morgan fingerprint density at radius 2 is 2.25 bits per heavy atom. The average Bonchev–Trinajstić information content (AvgIpc) is 2.74. The Kier molecular flexibility index (Phi) is 3.04. The molecule has 1 unspecified atom stereocenters. The molecular formula is C9H16N6O. The van der Waals surface area contributed by atoms with Crippen LogP contribution >= 0.6 is 0 Å². The summed E-state index contributed by atoms with van der Waals surface area (Å²) < 4.78 is 5.01. The first-order valence-corrected chi connectivity index (χ1v) is 5.28. The lowest BCUT2D eigenvalue weighted by molar-refractivity contribution is 0.378. The summed E-state index contributed by atoms with van der Waals surface area (Å²) in [6.45, 7) is 3.11.